The molecule has 1 heterocycles. The fraction of sp³-hybridized carbons (Fsp3) is 0.800. The van der Waals surface area contributed by atoms with Crippen molar-refractivity contribution in [2.45, 2.75) is 32.2 Å². The standard InChI is InChI=1S/C10H15NO3/c1-2-14-10(13)7-3-6-4-8(7)11-9(12)5-6/h6-8H,2-5H2,1H3,(H,11,12)/t6-,7-,8+/m1/s1. The number of esters is 1. The molecule has 1 saturated carbocycles. The number of fused-ring (bicyclic) bond motifs is 2. The van der Waals surface area contributed by atoms with Gasteiger partial charge >= 0.3 is 5.97 Å². The van der Waals surface area contributed by atoms with Crippen LogP contribution >= 0.6 is 0 Å². The lowest BCUT2D eigenvalue weighted by Crippen LogP contribution is -2.42. The van der Waals surface area contributed by atoms with Gasteiger partial charge in [0.05, 0.1) is 12.5 Å². The average molecular weight is 197 g/mol. The van der Waals surface area contributed by atoms with E-state index in [-0.39, 0.29) is 23.8 Å². The summed E-state index contributed by atoms with van der Waals surface area (Å²) in [5.41, 5.74) is 0. The first-order chi connectivity index (χ1) is 6.70. The van der Waals surface area contributed by atoms with Crippen LogP contribution in [-0.2, 0) is 14.3 Å². The number of hydrogen-bond acceptors (Lipinski definition) is 3. The molecule has 1 saturated heterocycles. The van der Waals surface area contributed by atoms with Crippen LogP contribution in [0, 0.1) is 11.8 Å². The van der Waals surface area contributed by atoms with E-state index in [4.69, 9.17) is 4.74 Å². The number of ether oxygens (including phenoxy) is 1. The van der Waals surface area contributed by atoms with Gasteiger partial charge in [0.15, 0.2) is 0 Å². The van der Waals surface area contributed by atoms with Crippen molar-refractivity contribution in [3.63, 3.8) is 0 Å². The van der Waals surface area contributed by atoms with Crippen molar-refractivity contribution < 1.29 is 14.3 Å². The van der Waals surface area contributed by atoms with E-state index < -0.39 is 0 Å². The first-order valence-electron chi connectivity index (χ1n) is 5.16. The van der Waals surface area contributed by atoms with E-state index in [0.29, 0.717) is 18.9 Å². The van der Waals surface area contributed by atoms with Gasteiger partial charge in [-0.2, -0.15) is 0 Å². The smallest absolute Gasteiger partial charge is 0.311 e. The summed E-state index contributed by atoms with van der Waals surface area (Å²) in [7, 11) is 0. The van der Waals surface area contributed by atoms with Crippen molar-refractivity contribution >= 4 is 11.9 Å². The van der Waals surface area contributed by atoms with Crippen LogP contribution in [0.25, 0.3) is 0 Å². The second-order valence-electron chi connectivity index (χ2n) is 4.07. The highest BCUT2D eigenvalue weighted by Gasteiger charge is 2.44. The van der Waals surface area contributed by atoms with Crippen LogP contribution in [0.2, 0.25) is 0 Å². The number of carbonyl (C=O) groups is 2. The van der Waals surface area contributed by atoms with Crippen LogP contribution in [0.4, 0.5) is 0 Å². The number of piperidine rings is 1. The van der Waals surface area contributed by atoms with Crippen LogP contribution in [0.15, 0.2) is 0 Å². The molecule has 0 spiro atoms. The van der Waals surface area contributed by atoms with Gasteiger partial charge in [-0.1, -0.05) is 0 Å². The Bertz CT molecular complexity index is 264. The zero-order valence-electron chi connectivity index (χ0n) is 8.29. The quantitative estimate of drug-likeness (QED) is 0.654. The SMILES string of the molecule is CCOC(=O)[C@@H]1C[C@H]2CC(=O)N[C@H]1C2. The van der Waals surface area contributed by atoms with Crippen LogP contribution < -0.4 is 5.32 Å². The lowest BCUT2D eigenvalue weighted by atomic mass is 10.0. The molecule has 2 fully saturated rings. The van der Waals surface area contributed by atoms with Crippen molar-refractivity contribution in [1.29, 1.82) is 0 Å². The number of amides is 1. The van der Waals surface area contributed by atoms with Crippen molar-refractivity contribution in [2.24, 2.45) is 11.8 Å². The molecule has 1 amide bonds. The predicted octanol–water partition coefficient (Wildman–Crippen LogP) is 0.464. The van der Waals surface area contributed by atoms with Gasteiger partial charge in [0.2, 0.25) is 5.91 Å². The van der Waals surface area contributed by atoms with E-state index in [9.17, 15) is 9.59 Å². The average Bonchev–Trinajstić information content (AvgIpc) is 2.42. The third-order valence-corrected chi connectivity index (χ3v) is 3.07. The van der Waals surface area contributed by atoms with Crippen molar-refractivity contribution in [1.82, 2.24) is 5.32 Å². The van der Waals surface area contributed by atoms with Gasteiger partial charge in [-0.25, -0.2) is 0 Å². The number of carbonyl (C=O) groups excluding carboxylic acids is 2. The van der Waals surface area contributed by atoms with E-state index in [1.54, 1.807) is 6.92 Å². The minimum atomic E-state index is -0.151. The summed E-state index contributed by atoms with van der Waals surface area (Å²) in [6, 6.07) is 0.0281. The minimum Gasteiger partial charge on any atom is -0.466 e. The van der Waals surface area contributed by atoms with E-state index in [0.717, 1.165) is 12.8 Å². The van der Waals surface area contributed by atoms with Gasteiger partial charge in [0.25, 0.3) is 0 Å². The Balaban J connectivity index is 2.02. The molecule has 78 valence electrons. The highest BCUT2D eigenvalue weighted by Crippen LogP contribution is 2.37. The summed E-state index contributed by atoms with van der Waals surface area (Å²) in [5, 5.41) is 2.86. The fourth-order valence-electron chi connectivity index (χ4n) is 2.51. The molecule has 2 aliphatic rings. The Kier molecular flexibility index (Phi) is 2.44. The fourth-order valence-corrected chi connectivity index (χ4v) is 2.51. The third kappa shape index (κ3) is 1.61. The van der Waals surface area contributed by atoms with Crippen molar-refractivity contribution in [3.8, 4) is 0 Å². The Morgan fingerprint density at radius 1 is 1.57 bits per heavy atom. The number of nitrogens with one attached hydrogen (secondary N) is 1. The highest BCUT2D eigenvalue weighted by molar-refractivity contribution is 5.81. The van der Waals surface area contributed by atoms with Crippen LogP contribution in [-0.4, -0.2) is 24.5 Å². The van der Waals surface area contributed by atoms with E-state index in [2.05, 4.69) is 5.32 Å². The van der Waals surface area contributed by atoms with E-state index >= 15 is 0 Å². The zero-order chi connectivity index (χ0) is 10.1. The van der Waals surface area contributed by atoms with Gasteiger partial charge in [0.1, 0.15) is 0 Å². The van der Waals surface area contributed by atoms with Gasteiger partial charge in [0, 0.05) is 12.5 Å². The maximum Gasteiger partial charge on any atom is 0.311 e. The summed E-state index contributed by atoms with van der Waals surface area (Å²) >= 11 is 0. The highest BCUT2D eigenvalue weighted by atomic mass is 16.5. The summed E-state index contributed by atoms with van der Waals surface area (Å²) in [6.07, 6.45) is 2.32. The first-order valence-corrected chi connectivity index (χ1v) is 5.16. The number of hydrogen-bond donors (Lipinski definition) is 1. The molecule has 0 aromatic carbocycles. The minimum absolute atomic E-state index is 0.0281. The van der Waals surface area contributed by atoms with Crippen LogP contribution in [0.1, 0.15) is 26.2 Å². The molecular formula is C10H15NO3. The molecule has 1 aliphatic carbocycles. The van der Waals surface area contributed by atoms with Gasteiger partial charge in [-0.05, 0) is 25.7 Å². The summed E-state index contributed by atoms with van der Waals surface area (Å²) in [4.78, 5) is 22.7. The first kappa shape index (κ1) is 9.49. The lowest BCUT2D eigenvalue weighted by Gasteiger charge is -2.21. The lowest BCUT2D eigenvalue weighted by molar-refractivity contribution is -0.148. The molecule has 0 aromatic heterocycles. The Morgan fingerprint density at radius 3 is 3.07 bits per heavy atom. The maximum absolute atomic E-state index is 11.5. The van der Waals surface area contributed by atoms with E-state index in [1.165, 1.54) is 0 Å². The third-order valence-electron chi connectivity index (χ3n) is 3.07. The molecule has 2 bridgehead atoms. The molecule has 1 N–H and O–H groups in total. The molecular weight excluding hydrogens is 182 g/mol. The molecule has 0 unspecified atom stereocenters. The normalized spacial score (nSPS) is 35.2. The Morgan fingerprint density at radius 2 is 2.36 bits per heavy atom. The number of rotatable bonds is 2. The molecule has 0 aromatic rings. The molecule has 0 radical (unpaired) electrons. The Hall–Kier alpha value is -1.06. The summed E-state index contributed by atoms with van der Waals surface area (Å²) in [5.74, 6) is 0.217. The maximum atomic E-state index is 11.5. The van der Waals surface area contributed by atoms with Gasteiger partial charge in [-0.15, -0.1) is 0 Å². The van der Waals surface area contributed by atoms with Crippen molar-refractivity contribution in [2.75, 3.05) is 6.61 Å². The van der Waals surface area contributed by atoms with Gasteiger partial charge in [-0.3, -0.25) is 9.59 Å². The molecule has 3 atom stereocenters. The summed E-state index contributed by atoms with van der Waals surface area (Å²) < 4.78 is 4.98. The molecule has 2 rings (SSSR count). The summed E-state index contributed by atoms with van der Waals surface area (Å²) in [6.45, 7) is 2.22. The Labute approximate surface area is 83.0 Å². The molecule has 4 nitrogen and oxygen atoms in total. The van der Waals surface area contributed by atoms with Crippen molar-refractivity contribution in [3.05, 3.63) is 0 Å². The second-order valence-corrected chi connectivity index (χ2v) is 4.07. The monoisotopic (exact) mass is 197 g/mol. The molecule has 1 aliphatic heterocycles. The van der Waals surface area contributed by atoms with E-state index in [1.807, 2.05) is 0 Å². The second kappa shape index (κ2) is 3.59. The van der Waals surface area contributed by atoms with Crippen LogP contribution in [0.3, 0.4) is 0 Å². The zero-order valence-corrected chi connectivity index (χ0v) is 8.29. The van der Waals surface area contributed by atoms with Gasteiger partial charge < -0.3 is 10.1 Å². The largest absolute Gasteiger partial charge is 0.466 e. The molecule has 4 heteroatoms. The topological polar surface area (TPSA) is 55.4 Å². The predicted molar refractivity (Wildman–Crippen MR) is 49.4 cm³/mol. The molecule has 14 heavy (non-hydrogen) atoms. The van der Waals surface area contributed by atoms with Crippen LogP contribution in [0.5, 0.6) is 0 Å².